The number of nitrogens with zero attached hydrogens (tertiary/aromatic N) is 6. The van der Waals surface area contributed by atoms with Crippen molar-refractivity contribution in [3.63, 3.8) is 0 Å². The molecule has 6 nitrogen and oxygen atoms in total. The predicted octanol–water partition coefficient (Wildman–Crippen LogP) is 17.4. The second-order valence-corrected chi connectivity index (χ2v) is 24.5. The Hall–Kier alpha value is -7.70. The molecule has 0 N–H and O–H groups in total. The first-order chi connectivity index (χ1) is 34.2. The molecule has 6 heteroatoms. The van der Waals surface area contributed by atoms with Crippen LogP contribution < -0.4 is 0 Å². The zero-order valence-electron chi connectivity index (χ0n) is 43.5. The van der Waals surface area contributed by atoms with Gasteiger partial charge in [0.1, 0.15) is 0 Å². The summed E-state index contributed by atoms with van der Waals surface area (Å²) in [5, 5.41) is 8.97. The minimum Gasteiger partial charge on any atom is -0.308 e. The second kappa shape index (κ2) is 14.9. The zero-order valence-corrected chi connectivity index (χ0v) is 43.5. The van der Waals surface area contributed by atoms with E-state index in [4.69, 9.17) is 19.9 Å². The maximum Gasteiger partial charge on any atom is 0.0802 e. The first-order valence-corrected chi connectivity index (χ1v) is 25.5. The van der Waals surface area contributed by atoms with E-state index in [1.807, 2.05) is 0 Å². The van der Waals surface area contributed by atoms with Crippen LogP contribution in [0, 0.1) is 0 Å². The standard InChI is InChI=1S/C66H60N6/c1-63(2,3)41-21-13-37(14-22-41)51-30-53-47(33-67-51)49-35-69-59(39-17-25-43(26-18-39)65(7,8)9)57-45-29-46-56(32-55(45)71(53)61(49)57)72-54-31-52(38-15-23-42(24-16-38)64(4,5)6)68-34-48(54)50-36-70-60(58(46)62(50)72)40-19-27-44(28-20-40)66(10,11)12/h13-36H,1-12H3. The topological polar surface area (TPSA) is 60.4 Å². The van der Waals surface area contributed by atoms with Gasteiger partial charge in [0.2, 0.25) is 0 Å². The van der Waals surface area contributed by atoms with Gasteiger partial charge in [0.15, 0.2) is 0 Å². The van der Waals surface area contributed by atoms with Gasteiger partial charge in [-0.3, -0.25) is 19.9 Å². The van der Waals surface area contributed by atoms with Crippen molar-refractivity contribution in [2.45, 2.75) is 105 Å². The fourth-order valence-electron chi connectivity index (χ4n) is 11.4. The lowest BCUT2D eigenvalue weighted by Crippen LogP contribution is -2.10. The Morgan fingerprint density at radius 3 is 0.903 bits per heavy atom. The highest BCUT2D eigenvalue weighted by molar-refractivity contribution is 6.32. The summed E-state index contributed by atoms with van der Waals surface area (Å²) in [6.45, 7) is 27.2. The van der Waals surface area contributed by atoms with E-state index in [2.05, 4.69) is 238 Å². The van der Waals surface area contributed by atoms with E-state index >= 15 is 0 Å². The number of aromatic nitrogens is 6. The Balaban J connectivity index is 1.15. The molecule has 0 spiro atoms. The van der Waals surface area contributed by atoms with Crippen molar-refractivity contribution < 1.29 is 0 Å². The molecule has 0 radical (unpaired) electrons. The van der Waals surface area contributed by atoms with Gasteiger partial charge in [0.05, 0.1) is 55.9 Å². The summed E-state index contributed by atoms with van der Waals surface area (Å²) in [4.78, 5) is 21.1. The molecule has 0 unspecified atom stereocenters. The Morgan fingerprint density at radius 1 is 0.292 bits per heavy atom. The van der Waals surface area contributed by atoms with Gasteiger partial charge in [0, 0.05) is 90.1 Å². The fourth-order valence-corrected chi connectivity index (χ4v) is 11.4. The summed E-state index contributed by atoms with van der Waals surface area (Å²) < 4.78 is 5.00. The molecule has 72 heavy (non-hydrogen) atoms. The molecule has 0 amide bonds. The zero-order chi connectivity index (χ0) is 50.0. The molecule has 354 valence electrons. The van der Waals surface area contributed by atoms with Crippen LogP contribution in [0.4, 0.5) is 0 Å². The lowest BCUT2D eigenvalue weighted by Gasteiger charge is -2.19. The number of benzene rings is 5. The minimum atomic E-state index is 0.0261. The normalized spacial score (nSPS) is 13.3. The number of hydrogen-bond donors (Lipinski definition) is 0. The van der Waals surface area contributed by atoms with Crippen molar-refractivity contribution in [3.8, 4) is 45.0 Å². The average Bonchev–Trinajstić information content (AvgIpc) is 4.08. The van der Waals surface area contributed by atoms with Crippen LogP contribution in [0.25, 0.3) is 121 Å². The molecule has 0 saturated carbocycles. The Kier molecular flexibility index (Phi) is 9.17. The number of pyridine rings is 4. The Labute approximate surface area is 421 Å². The molecule has 0 bridgehead atoms. The fraction of sp³-hybridized carbons (Fsp3) is 0.242. The average molecular weight is 937 g/mol. The summed E-state index contributed by atoms with van der Waals surface area (Å²) in [6, 6.07) is 45.5. The first kappa shape index (κ1) is 44.3. The number of rotatable bonds is 4. The van der Waals surface area contributed by atoms with Crippen molar-refractivity contribution in [2.24, 2.45) is 0 Å². The predicted molar refractivity (Wildman–Crippen MR) is 303 cm³/mol. The molecule has 13 aromatic rings. The maximum atomic E-state index is 5.39. The highest BCUT2D eigenvalue weighted by Crippen LogP contribution is 2.49. The van der Waals surface area contributed by atoms with E-state index in [-0.39, 0.29) is 21.7 Å². The summed E-state index contributed by atoms with van der Waals surface area (Å²) in [5.41, 5.74) is 20.4. The van der Waals surface area contributed by atoms with Gasteiger partial charge in [-0.15, -0.1) is 0 Å². The Morgan fingerprint density at radius 2 is 0.583 bits per heavy atom. The molecular formula is C66H60N6. The van der Waals surface area contributed by atoms with Crippen LogP contribution in [0.5, 0.6) is 0 Å². The van der Waals surface area contributed by atoms with Gasteiger partial charge in [-0.1, -0.05) is 180 Å². The molecule has 0 aliphatic rings. The third kappa shape index (κ3) is 6.60. The summed E-state index contributed by atoms with van der Waals surface area (Å²) in [7, 11) is 0. The van der Waals surface area contributed by atoms with Gasteiger partial charge < -0.3 is 8.80 Å². The van der Waals surface area contributed by atoms with E-state index in [1.54, 1.807) is 0 Å². The van der Waals surface area contributed by atoms with Crippen LogP contribution in [-0.2, 0) is 21.7 Å². The molecular weight excluding hydrogens is 877 g/mol. The summed E-state index contributed by atoms with van der Waals surface area (Å²) in [6.07, 6.45) is 8.28. The van der Waals surface area contributed by atoms with Crippen molar-refractivity contribution in [3.05, 3.63) is 168 Å². The van der Waals surface area contributed by atoms with Crippen molar-refractivity contribution in [1.82, 2.24) is 28.7 Å². The van der Waals surface area contributed by atoms with Crippen molar-refractivity contribution >= 4 is 76.2 Å². The highest BCUT2D eigenvalue weighted by Gasteiger charge is 2.28. The van der Waals surface area contributed by atoms with Crippen LogP contribution >= 0.6 is 0 Å². The SMILES string of the molecule is CC(C)(C)c1ccc(-c2cc3c(cn2)c2cnc(-c4ccc(C(C)(C)C)cc4)c4c5cc6c7c(-c8ccc(C(C)(C)C)cc8)ncc8c9cnc(-c%10ccc(C(C)(C)C)cc%10)cc9n(c6cc5n3c24)c87)cc1. The minimum absolute atomic E-state index is 0.0261. The lowest BCUT2D eigenvalue weighted by molar-refractivity contribution is 0.590. The molecule has 13 rings (SSSR count). The van der Waals surface area contributed by atoms with E-state index < -0.39 is 0 Å². The molecule has 8 heterocycles. The third-order valence-corrected chi connectivity index (χ3v) is 15.7. The van der Waals surface area contributed by atoms with Crippen molar-refractivity contribution in [1.29, 1.82) is 0 Å². The largest absolute Gasteiger partial charge is 0.308 e. The molecule has 0 saturated heterocycles. The number of fused-ring (bicyclic) bond motifs is 12. The van der Waals surface area contributed by atoms with Gasteiger partial charge in [-0.25, -0.2) is 0 Å². The highest BCUT2D eigenvalue weighted by atomic mass is 15.0. The van der Waals surface area contributed by atoms with Crippen LogP contribution in [0.2, 0.25) is 0 Å². The van der Waals surface area contributed by atoms with E-state index in [0.717, 1.165) is 121 Å². The molecule has 0 aliphatic carbocycles. The molecule has 8 aromatic heterocycles. The molecule has 0 aliphatic heterocycles. The monoisotopic (exact) mass is 936 g/mol. The quantitative estimate of drug-likeness (QED) is 0.176. The van der Waals surface area contributed by atoms with E-state index in [1.165, 1.54) is 22.3 Å². The van der Waals surface area contributed by atoms with Crippen LogP contribution in [0.1, 0.15) is 105 Å². The van der Waals surface area contributed by atoms with Gasteiger partial charge in [-0.2, -0.15) is 0 Å². The van der Waals surface area contributed by atoms with Gasteiger partial charge >= 0.3 is 0 Å². The molecule has 0 fully saturated rings. The summed E-state index contributed by atoms with van der Waals surface area (Å²) in [5.74, 6) is 0. The van der Waals surface area contributed by atoms with Gasteiger partial charge in [-0.05, 0) is 68.2 Å². The first-order valence-electron chi connectivity index (χ1n) is 25.5. The molecule has 5 aromatic carbocycles. The smallest absolute Gasteiger partial charge is 0.0802 e. The molecule has 0 atom stereocenters. The second-order valence-electron chi connectivity index (χ2n) is 24.5. The third-order valence-electron chi connectivity index (χ3n) is 15.7. The van der Waals surface area contributed by atoms with Gasteiger partial charge in [0.25, 0.3) is 0 Å². The number of hydrogen-bond acceptors (Lipinski definition) is 4. The van der Waals surface area contributed by atoms with Crippen LogP contribution in [0.15, 0.2) is 146 Å². The summed E-state index contributed by atoms with van der Waals surface area (Å²) >= 11 is 0. The lowest BCUT2D eigenvalue weighted by atomic mass is 9.86. The van der Waals surface area contributed by atoms with E-state index in [0.29, 0.717) is 0 Å². The van der Waals surface area contributed by atoms with Crippen LogP contribution in [0.3, 0.4) is 0 Å². The van der Waals surface area contributed by atoms with E-state index in [9.17, 15) is 0 Å². The Bertz CT molecular complexity index is 4020. The van der Waals surface area contributed by atoms with Crippen molar-refractivity contribution in [2.75, 3.05) is 0 Å². The van der Waals surface area contributed by atoms with Crippen LogP contribution in [-0.4, -0.2) is 28.7 Å². The maximum absolute atomic E-state index is 5.39.